The van der Waals surface area contributed by atoms with Crippen molar-refractivity contribution in [3.05, 3.63) is 71.6 Å². The van der Waals surface area contributed by atoms with E-state index in [2.05, 4.69) is 17.2 Å². The molecule has 2 aliphatic rings. The molecular formula is C23H25FN2O. The van der Waals surface area contributed by atoms with Crippen molar-refractivity contribution in [1.29, 1.82) is 0 Å². The molecule has 1 atom stereocenters. The van der Waals surface area contributed by atoms with Crippen LogP contribution in [0.15, 0.2) is 49.1 Å². The molecule has 140 valence electrons. The topological polar surface area (TPSA) is 37.5 Å². The first kappa shape index (κ1) is 16.9. The Morgan fingerprint density at radius 1 is 1.04 bits per heavy atom. The Morgan fingerprint density at radius 3 is 2.56 bits per heavy atom. The van der Waals surface area contributed by atoms with Crippen LogP contribution in [0.1, 0.15) is 73.2 Å². The Morgan fingerprint density at radius 2 is 1.81 bits per heavy atom. The van der Waals surface area contributed by atoms with E-state index in [1.165, 1.54) is 24.5 Å². The number of aliphatic hydroxyl groups is 1. The van der Waals surface area contributed by atoms with E-state index in [-0.39, 0.29) is 11.7 Å². The summed E-state index contributed by atoms with van der Waals surface area (Å²) in [5.41, 5.74) is 4.54. The molecule has 5 rings (SSSR count). The SMILES string of the molecule is O[C@H](c1c(C2CC2)ccn2cncc12)C1CCC(c2cccc(F)c2)CC1. The van der Waals surface area contributed by atoms with Crippen molar-refractivity contribution >= 4 is 5.52 Å². The van der Waals surface area contributed by atoms with Gasteiger partial charge in [0.1, 0.15) is 5.82 Å². The van der Waals surface area contributed by atoms with Crippen LogP contribution >= 0.6 is 0 Å². The molecule has 2 aliphatic carbocycles. The maximum atomic E-state index is 13.5. The van der Waals surface area contributed by atoms with Gasteiger partial charge in [-0.05, 0) is 85.6 Å². The molecule has 2 saturated carbocycles. The lowest BCUT2D eigenvalue weighted by molar-refractivity contribution is 0.0810. The molecule has 1 aromatic carbocycles. The van der Waals surface area contributed by atoms with E-state index >= 15 is 0 Å². The zero-order valence-electron chi connectivity index (χ0n) is 15.4. The fraction of sp³-hybridized carbons (Fsp3) is 0.435. The number of pyridine rings is 1. The summed E-state index contributed by atoms with van der Waals surface area (Å²) in [7, 11) is 0. The summed E-state index contributed by atoms with van der Waals surface area (Å²) in [6.45, 7) is 0. The van der Waals surface area contributed by atoms with Crippen molar-refractivity contribution in [2.45, 2.75) is 56.5 Å². The Bertz CT molecular complexity index is 954. The third kappa shape index (κ3) is 3.16. The molecule has 0 bridgehead atoms. The number of benzene rings is 1. The van der Waals surface area contributed by atoms with Crippen molar-refractivity contribution in [3.63, 3.8) is 0 Å². The lowest BCUT2D eigenvalue weighted by Gasteiger charge is -2.33. The molecule has 0 spiro atoms. The number of fused-ring (bicyclic) bond motifs is 1. The molecule has 2 heterocycles. The van der Waals surface area contributed by atoms with Gasteiger partial charge in [-0.3, -0.25) is 0 Å². The van der Waals surface area contributed by atoms with E-state index in [1.54, 1.807) is 12.1 Å². The quantitative estimate of drug-likeness (QED) is 0.677. The molecule has 4 heteroatoms. The first-order valence-electron chi connectivity index (χ1n) is 10.1. The summed E-state index contributed by atoms with van der Waals surface area (Å²) < 4.78 is 15.6. The first-order valence-corrected chi connectivity index (χ1v) is 10.1. The highest BCUT2D eigenvalue weighted by molar-refractivity contribution is 5.59. The lowest BCUT2D eigenvalue weighted by Crippen LogP contribution is -2.21. The normalized spacial score (nSPS) is 24.2. The van der Waals surface area contributed by atoms with Crippen LogP contribution in [-0.2, 0) is 0 Å². The third-order valence-electron chi connectivity index (χ3n) is 6.52. The molecule has 0 amide bonds. The molecular weight excluding hydrogens is 339 g/mol. The number of aromatic nitrogens is 2. The largest absolute Gasteiger partial charge is 0.388 e. The van der Waals surface area contributed by atoms with Gasteiger partial charge in [-0.1, -0.05) is 12.1 Å². The minimum atomic E-state index is -0.450. The number of nitrogens with zero attached hydrogens (tertiary/aromatic N) is 2. The first-order chi connectivity index (χ1) is 13.2. The van der Waals surface area contributed by atoms with E-state index in [9.17, 15) is 9.50 Å². The van der Waals surface area contributed by atoms with Crippen LogP contribution in [0.3, 0.4) is 0 Å². The Labute approximate surface area is 158 Å². The van der Waals surface area contributed by atoms with Crippen LogP contribution in [0.25, 0.3) is 5.52 Å². The molecule has 0 aliphatic heterocycles. The lowest BCUT2D eigenvalue weighted by atomic mass is 9.75. The summed E-state index contributed by atoms with van der Waals surface area (Å²) in [5, 5.41) is 11.3. The van der Waals surface area contributed by atoms with Gasteiger partial charge < -0.3 is 9.51 Å². The summed E-state index contributed by atoms with van der Waals surface area (Å²) in [4.78, 5) is 4.29. The maximum Gasteiger partial charge on any atom is 0.123 e. The Hall–Kier alpha value is -2.20. The highest BCUT2D eigenvalue weighted by Gasteiger charge is 2.34. The number of halogens is 1. The molecule has 0 radical (unpaired) electrons. The number of imidazole rings is 1. The van der Waals surface area contributed by atoms with Crippen LogP contribution in [0.4, 0.5) is 4.39 Å². The molecule has 0 saturated heterocycles. The Balaban J connectivity index is 1.38. The van der Waals surface area contributed by atoms with E-state index in [0.717, 1.165) is 42.3 Å². The number of hydrogen-bond donors (Lipinski definition) is 1. The fourth-order valence-electron chi connectivity index (χ4n) is 4.87. The van der Waals surface area contributed by atoms with Crippen LogP contribution in [0.5, 0.6) is 0 Å². The summed E-state index contributed by atoms with van der Waals surface area (Å²) in [6, 6.07) is 9.17. The monoisotopic (exact) mass is 364 g/mol. The van der Waals surface area contributed by atoms with Gasteiger partial charge in [0, 0.05) is 11.8 Å². The molecule has 27 heavy (non-hydrogen) atoms. The van der Waals surface area contributed by atoms with Gasteiger partial charge in [0.25, 0.3) is 0 Å². The van der Waals surface area contributed by atoms with E-state index in [1.807, 2.05) is 23.0 Å². The van der Waals surface area contributed by atoms with Gasteiger partial charge in [-0.15, -0.1) is 0 Å². The Kier molecular flexibility index (Phi) is 4.24. The second-order valence-electron chi connectivity index (χ2n) is 8.26. The van der Waals surface area contributed by atoms with E-state index in [4.69, 9.17) is 0 Å². The van der Waals surface area contributed by atoms with E-state index in [0.29, 0.717) is 11.8 Å². The summed E-state index contributed by atoms with van der Waals surface area (Å²) in [5.74, 6) is 1.10. The molecule has 2 aromatic heterocycles. The minimum absolute atomic E-state index is 0.156. The van der Waals surface area contributed by atoms with Gasteiger partial charge in [-0.25, -0.2) is 9.37 Å². The van der Waals surface area contributed by atoms with Crippen LogP contribution in [-0.4, -0.2) is 14.5 Å². The van der Waals surface area contributed by atoms with Crippen LogP contribution in [0, 0.1) is 11.7 Å². The number of rotatable bonds is 4. The molecule has 1 N–H and O–H groups in total. The van der Waals surface area contributed by atoms with Gasteiger partial charge in [-0.2, -0.15) is 0 Å². The number of hydrogen-bond acceptors (Lipinski definition) is 2. The van der Waals surface area contributed by atoms with Gasteiger partial charge in [0.05, 0.1) is 24.1 Å². The summed E-state index contributed by atoms with van der Waals surface area (Å²) in [6.07, 6.45) is 11.7. The molecule has 3 aromatic rings. The van der Waals surface area contributed by atoms with Crippen molar-refractivity contribution in [2.24, 2.45) is 5.92 Å². The smallest absolute Gasteiger partial charge is 0.123 e. The van der Waals surface area contributed by atoms with Crippen molar-refractivity contribution in [2.75, 3.05) is 0 Å². The third-order valence-corrected chi connectivity index (χ3v) is 6.52. The molecule has 3 nitrogen and oxygen atoms in total. The second-order valence-corrected chi connectivity index (χ2v) is 8.26. The fourth-order valence-corrected chi connectivity index (χ4v) is 4.87. The predicted octanol–water partition coefficient (Wildman–Crippen LogP) is 5.36. The zero-order valence-corrected chi connectivity index (χ0v) is 15.4. The average Bonchev–Trinajstić information content (AvgIpc) is 3.43. The van der Waals surface area contributed by atoms with Crippen molar-refractivity contribution < 1.29 is 9.50 Å². The highest BCUT2D eigenvalue weighted by atomic mass is 19.1. The van der Waals surface area contributed by atoms with Gasteiger partial charge >= 0.3 is 0 Å². The van der Waals surface area contributed by atoms with Crippen molar-refractivity contribution in [1.82, 2.24) is 9.38 Å². The molecule has 0 unspecified atom stereocenters. The van der Waals surface area contributed by atoms with Gasteiger partial charge in [0.2, 0.25) is 0 Å². The second kappa shape index (κ2) is 6.75. The molecule has 2 fully saturated rings. The van der Waals surface area contributed by atoms with Crippen LogP contribution < -0.4 is 0 Å². The average molecular weight is 364 g/mol. The van der Waals surface area contributed by atoms with Crippen molar-refractivity contribution in [3.8, 4) is 0 Å². The van der Waals surface area contributed by atoms with Crippen LogP contribution in [0.2, 0.25) is 0 Å². The maximum absolute atomic E-state index is 13.5. The van der Waals surface area contributed by atoms with E-state index < -0.39 is 6.10 Å². The predicted molar refractivity (Wildman–Crippen MR) is 103 cm³/mol. The number of aliphatic hydroxyl groups excluding tert-OH is 1. The standard InChI is InChI=1S/C23H25FN2O/c24-19-3-1-2-18(12-19)15-4-8-17(9-5-15)23(27)22-20(16-6-7-16)10-11-26-14-25-13-21(22)26/h1-3,10-17,23,27H,4-9H2/t15?,17?,23-/m0/s1. The minimum Gasteiger partial charge on any atom is -0.388 e. The highest BCUT2D eigenvalue weighted by Crippen LogP contribution is 2.47. The zero-order chi connectivity index (χ0) is 18.4. The van der Waals surface area contributed by atoms with Gasteiger partial charge in [0.15, 0.2) is 0 Å². The summed E-state index contributed by atoms with van der Waals surface area (Å²) >= 11 is 0.